The maximum Gasteiger partial charge on any atom is 0.409 e. The summed E-state index contributed by atoms with van der Waals surface area (Å²) in [5.74, 6) is 0.431. The molecule has 2 N–H and O–H groups in total. The van der Waals surface area contributed by atoms with E-state index in [1.54, 1.807) is 0 Å². The first-order valence-corrected chi connectivity index (χ1v) is 7.13. The fraction of sp³-hybridized carbons (Fsp3) is 0.929. The van der Waals surface area contributed by atoms with Gasteiger partial charge in [0.15, 0.2) is 0 Å². The van der Waals surface area contributed by atoms with Crippen LogP contribution in [0.15, 0.2) is 0 Å². The van der Waals surface area contributed by atoms with Crippen LogP contribution in [0.25, 0.3) is 0 Å². The van der Waals surface area contributed by atoms with Crippen molar-refractivity contribution in [2.24, 2.45) is 5.92 Å². The van der Waals surface area contributed by atoms with Crippen LogP contribution in [0.3, 0.4) is 0 Å². The lowest BCUT2D eigenvalue weighted by atomic mass is 9.79. The van der Waals surface area contributed by atoms with Crippen molar-refractivity contribution in [2.75, 3.05) is 0 Å². The van der Waals surface area contributed by atoms with Crippen molar-refractivity contribution in [2.45, 2.75) is 77.5 Å². The van der Waals surface area contributed by atoms with E-state index in [0.717, 1.165) is 19.3 Å². The average molecular weight is 257 g/mol. The fourth-order valence-corrected chi connectivity index (χ4v) is 2.63. The number of aliphatic hydroxyl groups excluding tert-OH is 1. The lowest BCUT2D eigenvalue weighted by molar-refractivity contribution is -0.0257. The first-order valence-electron chi connectivity index (χ1n) is 7.13. The molecular weight excluding hydrogens is 230 g/mol. The number of hydrogen-bond donors (Lipinski definition) is 2. The molecule has 0 saturated heterocycles. The van der Waals surface area contributed by atoms with Crippen LogP contribution in [0, 0.1) is 5.92 Å². The van der Waals surface area contributed by atoms with Gasteiger partial charge in [-0.05, 0) is 39.0 Å². The molecule has 1 aliphatic rings. The molecule has 1 saturated carbocycles. The Kier molecular flexibility index (Phi) is 5.93. The van der Waals surface area contributed by atoms with Crippen molar-refractivity contribution < 1.29 is 14.6 Å². The second-order valence-electron chi connectivity index (χ2n) is 5.78. The van der Waals surface area contributed by atoms with Crippen molar-refractivity contribution in [1.29, 1.82) is 0 Å². The van der Waals surface area contributed by atoms with Crippen molar-refractivity contribution in [3.63, 3.8) is 0 Å². The van der Waals surface area contributed by atoms with Gasteiger partial charge in [0.2, 0.25) is 0 Å². The Balaban J connectivity index is 2.40. The summed E-state index contributed by atoms with van der Waals surface area (Å²) in [7, 11) is 0. The predicted octanol–water partition coefficient (Wildman–Crippen LogP) is 3.19. The van der Waals surface area contributed by atoms with Crippen molar-refractivity contribution in [3.8, 4) is 0 Å². The smallest absolute Gasteiger partial charge is 0.409 e. The van der Waals surface area contributed by atoms with Gasteiger partial charge in [-0.2, -0.15) is 0 Å². The number of hydrogen-bond acceptors (Lipinski definition) is 3. The number of carbonyl (C=O) groups excluding carboxylic acids is 1. The topological polar surface area (TPSA) is 58.6 Å². The van der Waals surface area contributed by atoms with Gasteiger partial charge >= 0.3 is 6.09 Å². The highest BCUT2D eigenvalue weighted by molar-refractivity contribution is 5.67. The summed E-state index contributed by atoms with van der Waals surface area (Å²) in [5, 5.41) is 12.0. The molecule has 0 bridgehead atoms. The van der Waals surface area contributed by atoms with Gasteiger partial charge in [0, 0.05) is 0 Å². The summed E-state index contributed by atoms with van der Waals surface area (Å²) in [6.07, 6.45) is 6.04. The summed E-state index contributed by atoms with van der Waals surface area (Å²) in [6.45, 7) is 5.89. The zero-order valence-electron chi connectivity index (χ0n) is 11.9. The van der Waals surface area contributed by atoms with Gasteiger partial charge in [0.1, 0.15) is 11.8 Å². The molecule has 4 heteroatoms. The molecule has 1 aliphatic carbocycles. The number of amides is 1. The van der Waals surface area contributed by atoms with Crippen LogP contribution < -0.4 is 5.32 Å². The molecular formula is C14H27NO3. The molecule has 0 aromatic heterocycles. The van der Waals surface area contributed by atoms with E-state index in [9.17, 15) is 9.90 Å². The highest BCUT2D eigenvalue weighted by Gasteiger charge is 2.34. The Morgan fingerprint density at radius 3 is 2.56 bits per heavy atom. The van der Waals surface area contributed by atoms with E-state index in [0.29, 0.717) is 12.3 Å². The molecule has 1 unspecified atom stereocenters. The van der Waals surface area contributed by atoms with Crippen molar-refractivity contribution in [3.05, 3.63) is 0 Å². The number of alkyl carbamates (subject to hydrolysis) is 1. The summed E-state index contributed by atoms with van der Waals surface area (Å²) in [5.41, 5.74) is -0.448. The SMILES string of the molecule is CCCC(O)NC(=O)OC(C)(C)C1CCCCC1. The van der Waals surface area contributed by atoms with E-state index in [4.69, 9.17) is 4.74 Å². The fourth-order valence-electron chi connectivity index (χ4n) is 2.63. The van der Waals surface area contributed by atoms with Crippen LogP contribution in [0.2, 0.25) is 0 Å². The van der Waals surface area contributed by atoms with E-state index in [1.807, 2.05) is 20.8 Å². The maximum atomic E-state index is 11.7. The van der Waals surface area contributed by atoms with Crippen LogP contribution in [-0.2, 0) is 4.74 Å². The van der Waals surface area contributed by atoms with Crippen LogP contribution in [0.4, 0.5) is 4.79 Å². The Morgan fingerprint density at radius 2 is 2.00 bits per heavy atom. The standard InChI is InChI=1S/C14H27NO3/c1-4-8-12(16)15-13(17)18-14(2,3)11-9-6-5-7-10-11/h11-12,16H,4-10H2,1-3H3,(H,15,17). The quantitative estimate of drug-likeness (QED) is 0.744. The zero-order chi connectivity index (χ0) is 13.6. The van der Waals surface area contributed by atoms with E-state index in [1.165, 1.54) is 19.3 Å². The molecule has 0 spiro atoms. The third kappa shape index (κ3) is 4.84. The highest BCUT2D eigenvalue weighted by atomic mass is 16.6. The van der Waals surface area contributed by atoms with Gasteiger partial charge in [-0.3, -0.25) is 5.32 Å². The molecule has 0 aliphatic heterocycles. The number of nitrogens with one attached hydrogen (secondary N) is 1. The summed E-state index contributed by atoms with van der Waals surface area (Å²) in [4.78, 5) is 11.7. The summed E-state index contributed by atoms with van der Waals surface area (Å²) < 4.78 is 5.48. The van der Waals surface area contributed by atoms with E-state index >= 15 is 0 Å². The molecule has 18 heavy (non-hydrogen) atoms. The largest absolute Gasteiger partial charge is 0.443 e. The molecule has 4 nitrogen and oxygen atoms in total. The Labute approximate surface area is 110 Å². The van der Waals surface area contributed by atoms with Crippen molar-refractivity contribution >= 4 is 6.09 Å². The number of carbonyl (C=O) groups is 1. The first kappa shape index (κ1) is 15.3. The van der Waals surface area contributed by atoms with Gasteiger partial charge in [-0.15, -0.1) is 0 Å². The minimum Gasteiger partial charge on any atom is -0.443 e. The Hall–Kier alpha value is -0.770. The zero-order valence-corrected chi connectivity index (χ0v) is 11.9. The third-order valence-corrected chi connectivity index (χ3v) is 3.79. The molecule has 1 atom stereocenters. The van der Waals surface area contributed by atoms with Crippen LogP contribution >= 0.6 is 0 Å². The molecule has 0 aromatic rings. The molecule has 1 amide bonds. The lowest BCUT2D eigenvalue weighted by Gasteiger charge is -2.36. The monoisotopic (exact) mass is 257 g/mol. The van der Waals surface area contributed by atoms with Crippen LogP contribution in [-0.4, -0.2) is 23.0 Å². The molecule has 1 rings (SSSR count). The lowest BCUT2D eigenvalue weighted by Crippen LogP contribution is -2.44. The number of rotatable bonds is 5. The van der Waals surface area contributed by atoms with Crippen LogP contribution in [0.5, 0.6) is 0 Å². The van der Waals surface area contributed by atoms with Gasteiger partial charge in [-0.25, -0.2) is 4.79 Å². The predicted molar refractivity (Wildman–Crippen MR) is 71.2 cm³/mol. The molecule has 106 valence electrons. The van der Waals surface area contributed by atoms with E-state index in [2.05, 4.69) is 5.32 Å². The maximum absolute atomic E-state index is 11.7. The van der Waals surface area contributed by atoms with Gasteiger partial charge in [0.05, 0.1) is 0 Å². The second-order valence-corrected chi connectivity index (χ2v) is 5.78. The van der Waals surface area contributed by atoms with E-state index < -0.39 is 17.9 Å². The molecule has 0 aromatic carbocycles. The first-order chi connectivity index (χ1) is 8.45. The minimum atomic E-state index is -0.801. The minimum absolute atomic E-state index is 0.431. The van der Waals surface area contributed by atoms with Gasteiger partial charge in [-0.1, -0.05) is 32.6 Å². The normalized spacial score (nSPS) is 19.3. The third-order valence-electron chi connectivity index (χ3n) is 3.79. The molecule has 0 radical (unpaired) electrons. The number of ether oxygens (including phenoxy) is 1. The van der Waals surface area contributed by atoms with Gasteiger partial charge < -0.3 is 9.84 Å². The second kappa shape index (κ2) is 6.98. The number of aliphatic hydroxyl groups is 1. The summed E-state index contributed by atoms with van der Waals surface area (Å²) in [6, 6.07) is 0. The Morgan fingerprint density at radius 1 is 1.39 bits per heavy atom. The highest BCUT2D eigenvalue weighted by Crippen LogP contribution is 2.34. The summed E-state index contributed by atoms with van der Waals surface area (Å²) >= 11 is 0. The average Bonchev–Trinajstić information content (AvgIpc) is 2.29. The van der Waals surface area contributed by atoms with E-state index in [-0.39, 0.29) is 0 Å². The molecule has 1 fully saturated rings. The van der Waals surface area contributed by atoms with Crippen molar-refractivity contribution in [1.82, 2.24) is 5.32 Å². The van der Waals surface area contributed by atoms with Gasteiger partial charge in [0.25, 0.3) is 0 Å². The van der Waals surface area contributed by atoms with Crippen LogP contribution in [0.1, 0.15) is 65.7 Å². The Bertz CT molecular complexity index is 260. The molecule has 0 heterocycles.